The van der Waals surface area contributed by atoms with E-state index in [0.717, 1.165) is 0 Å². The molecule has 0 fully saturated rings. The Morgan fingerprint density at radius 1 is 0.792 bits per heavy atom. The highest BCUT2D eigenvalue weighted by molar-refractivity contribution is 6.32. The number of rotatable bonds is 9. The number of nitrogens with zero attached hydrogens (tertiary/aromatic N) is 10. The Morgan fingerprint density at radius 2 is 1.26 bits per heavy atom. The summed E-state index contributed by atoms with van der Waals surface area (Å²) in [6.07, 6.45) is 8.68. The van der Waals surface area contributed by atoms with Gasteiger partial charge in [0, 0.05) is 39.6 Å². The van der Waals surface area contributed by atoms with Gasteiger partial charge in [0.05, 0.1) is 44.9 Å². The van der Waals surface area contributed by atoms with Crippen LogP contribution in [0.4, 0.5) is 36.8 Å². The van der Waals surface area contributed by atoms with E-state index in [1.165, 1.54) is 18.7 Å². The van der Waals surface area contributed by atoms with Crippen molar-refractivity contribution in [1.82, 2.24) is 54.8 Å². The minimum absolute atomic E-state index is 0.00988. The topological polar surface area (TPSA) is 201 Å². The summed E-state index contributed by atoms with van der Waals surface area (Å²) in [4.78, 5) is 36.3. The van der Waals surface area contributed by atoms with Crippen LogP contribution >= 0.6 is 23.2 Å². The molecule has 0 aliphatic carbocycles. The van der Waals surface area contributed by atoms with Gasteiger partial charge >= 0.3 is 6.09 Å². The summed E-state index contributed by atoms with van der Waals surface area (Å²) in [5.74, 6) is -0.496. The number of ether oxygens (including phenoxy) is 1. The Hall–Kier alpha value is -5.85. The van der Waals surface area contributed by atoms with Crippen LogP contribution in [0.2, 0.25) is 10.0 Å². The van der Waals surface area contributed by atoms with Crippen molar-refractivity contribution >= 4 is 52.6 Å². The molecule has 0 spiro atoms. The average molecular weight is 768 g/mol. The van der Waals surface area contributed by atoms with Crippen molar-refractivity contribution in [3.8, 4) is 22.8 Å². The SMILES string of the molecule is Cn1cc(Nc2ncnc(-c3ccc(CN)c(Cl)c3F)n2)cn1.Cn1cc(Nc2ncnc(-c3ccc(CNC(=O)OC(C)(C)C)c(Cl)c3F)n2)cn1. The molecule has 4 aromatic heterocycles. The summed E-state index contributed by atoms with van der Waals surface area (Å²) in [7, 11) is 3.57. The maximum absolute atomic E-state index is 14.9. The lowest BCUT2D eigenvalue weighted by Gasteiger charge is -2.20. The van der Waals surface area contributed by atoms with Crippen molar-refractivity contribution in [3.05, 3.63) is 94.5 Å². The molecule has 0 aliphatic heterocycles. The molecule has 0 aliphatic rings. The summed E-state index contributed by atoms with van der Waals surface area (Å²) < 4.78 is 37.7. The van der Waals surface area contributed by atoms with Gasteiger partial charge in [-0.2, -0.15) is 20.2 Å². The standard InChI is InChI=1S/C19H21ClFN7O2.C14H13ClFN7/c1-19(2,3)30-18(29)22-7-11-5-6-13(15(21)14(11)20)16-23-10-24-17(27-16)26-12-8-25-28(4)9-12;1-23-6-9(5-20-23)21-14-19-7-18-13(22-14)10-3-2-8(4-17)11(15)12(10)16/h5-6,8-10H,7H2,1-4H3,(H,22,29)(H,23,24,26,27);2-3,5-7H,4,17H2,1H3,(H,18,19,21,22). The van der Waals surface area contributed by atoms with Crippen LogP contribution in [0.15, 0.2) is 61.7 Å². The van der Waals surface area contributed by atoms with Crippen LogP contribution in [-0.2, 0) is 31.9 Å². The van der Waals surface area contributed by atoms with Crippen LogP contribution in [0.3, 0.4) is 0 Å². The molecule has 276 valence electrons. The van der Waals surface area contributed by atoms with Crippen molar-refractivity contribution in [1.29, 1.82) is 0 Å². The van der Waals surface area contributed by atoms with E-state index in [0.29, 0.717) is 22.5 Å². The first-order chi connectivity index (χ1) is 25.2. The molecule has 0 atom stereocenters. The number of carbonyl (C=O) groups excluding carboxylic acids is 1. The molecule has 53 heavy (non-hydrogen) atoms. The predicted octanol–water partition coefficient (Wildman–Crippen LogP) is 6.10. The number of amides is 1. The second kappa shape index (κ2) is 16.7. The van der Waals surface area contributed by atoms with Crippen LogP contribution in [0.1, 0.15) is 31.9 Å². The van der Waals surface area contributed by atoms with E-state index in [4.69, 9.17) is 33.7 Å². The monoisotopic (exact) mass is 766 g/mol. The first-order valence-corrected chi connectivity index (χ1v) is 16.5. The number of anilines is 4. The number of nitrogens with two attached hydrogens (primary N) is 1. The fourth-order valence-corrected chi connectivity index (χ4v) is 4.98. The van der Waals surface area contributed by atoms with Crippen LogP contribution in [0.5, 0.6) is 0 Å². The molecule has 4 heterocycles. The van der Waals surface area contributed by atoms with E-state index in [2.05, 4.69) is 56.1 Å². The number of aryl methyl sites for hydroxylation is 2. The zero-order valence-corrected chi connectivity index (χ0v) is 30.6. The molecule has 0 saturated heterocycles. The molecule has 16 nitrogen and oxygen atoms in total. The molecule has 0 bridgehead atoms. The lowest BCUT2D eigenvalue weighted by molar-refractivity contribution is 0.0523. The van der Waals surface area contributed by atoms with Crippen molar-refractivity contribution in [3.63, 3.8) is 0 Å². The van der Waals surface area contributed by atoms with Crippen LogP contribution in [-0.4, -0.2) is 61.2 Å². The Morgan fingerprint density at radius 3 is 1.70 bits per heavy atom. The zero-order valence-electron chi connectivity index (χ0n) is 29.1. The second-order valence-corrected chi connectivity index (χ2v) is 12.9. The largest absolute Gasteiger partial charge is 0.444 e. The van der Waals surface area contributed by atoms with E-state index in [1.807, 2.05) is 0 Å². The molecule has 0 radical (unpaired) electrons. The summed E-state index contributed by atoms with van der Waals surface area (Å²) in [6, 6.07) is 6.29. The van der Waals surface area contributed by atoms with Crippen LogP contribution in [0.25, 0.3) is 22.8 Å². The second-order valence-electron chi connectivity index (χ2n) is 12.2. The number of halogens is 4. The van der Waals surface area contributed by atoms with Gasteiger partial charge in [-0.1, -0.05) is 35.3 Å². The molecule has 0 unspecified atom stereocenters. The van der Waals surface area contributed by atoms with E-state index in [1.54, 1.807) is 87.2 Å². The molecule has 0 saturated carbocycles. The quantitative estimate of drug-likeness (QED) is 0.132. The maximum Gasteiger partial charge on any atom is 0.407 e. The zero-order chi connectivity index (χ0) is 38.3. The van der Waals surface area contributed by atoms with Gasteiger partial charge in [-0.25, -0.2) is 33.5 Å². The summed E-state index contributed by atoms with van der Waals surface area (Å²) in [5, 5.41) is 16.4. The normalized spacial score (nSPS) is 11.1. The molecule has 2 aromatic carbocycles. The maximum atomic E-state index is 14.9. The number of carbonyl (C=O) groups is 1. The van der Waals surface area contributed by atoms with Gasteiger partial charge in [0.1, 0.15) is 18.3 Å². The van der Waals surface area contributed by atoms with Crippen molar-refractivity contribution in [2.24, 2.45) is 19.8 Å². The third-order valence-electron chi connectivity index (χ3n) is 6.91. The number of hydrogen-bond acceptors (Lipinski definition) is 13. The number of nitrogens with one attached hydrogen (secondary N) is 3. The molecule has 5 N–H and O–H groups in total. The lowest BCUT2D eigenvalue weighted by Crippen LogP contribution is -2.32. The smallest absolute Gasteiger partial charge is 0.407 e. The Bertz CT molecular complexity index is 2220. The first-order valence-electron chi connectivity index (χ1n) is 15.7. The molecule has 20 heteroatoms. The van der Waals surface area contributed by atoms with Gasteiger partial charge in [0.15, 0.2) is 23.3 Å². The summed E-state index contributed by atoms with van der Waals surface area (Å²) in [5.41, 5.74) is 7.47. The highest BCUT2D eigenvalue weighted by atomic mass is 35.5. The van der Waals surface area contributed by atoms with Crippen molar-refractivity contribution in [2.75, 3.05) is 10.6 Å². The highest BCUT2D eigenvalue weighted by Gasteiger charge is 2.19. The number of alkyl carbamates (subject to hydrolysis) is 1. The average Bonchev–Trinajstić information content (AvgIpc) is 3.72. The fourth-order valence-electron chi connectivity index (χ4n) is 4.50. The third kappa shape index (κ3) is 10.1. The van der Waals surface area contributed by atoms with Crippen LogP contribution in [0, 0.1) is 11.6 Å². The minimum atomic E-state index is -0.696. The van der Waals surface area contributed by atoms with E-state index in [9.17, 15) is 13.6 Å². The molecule has 6 rings (SSSR count). The minimum Gasteiger partial charge on any atom is -0.444 e. The predicted molar refractivity (Wildman–Crippen MR) is 194 cm³/mol. The van der Waals surface area contributed by atoms with E-state index < -0.39 is 23.3 Å². The highest BCUT2D eigenvalue weighted by Crippen LogP contribution is 2.30. The van der Waals surface area contributed by atoms with E-state index in [-0.39, 0.29) is 57.8 Å². The Labute approximate surface area is 312 Å². The van der Waals surface area contributed by atoms with Gasteiger partial charge in [-0.3, -0.25) is 9.36 Å². The summed E-state index contributed by atoms with van der Waals surface area (Å²) >= 11 is 12.1. The van der Waals surface area contributed by atoms with Gasteiger partial charge in [-0.15, -0.1) is 0 Å². The number of hydrogen-bond donors (Lipinski definition) is 4. The Kier molecular flexibility index (Phi) is 12.1. The van der Waals surface area contributed by atoms with Crippen molar-refractivity contribution in [2.45, 2.75) is 39.5 Å². The molecular weight excluding hydrogens is 733 g/mol. The number of benzene rings is 2. The third-order valence-corrected chi connectivity index (χ3v) is 7.73. The Balaban J connectivity index is 0.000000211. The molecule has 6 aromatic rings. The summed E-state index contributed by atoms with van der Waals surface area (Å²) in [6.45, 7) is 5.41. The molecular formula is C33H34Cl2F2N14O2. The lowest BCUT2D eigenvalue weighted by atomic mass is 10.1. The van der Waals surface area contributed by atoms with Crippen molar-refractivity contribution < 1.29 is 18.3 Å². The van der Waals surface area contributed by atoms with Gasteiger partial charge in [0.25, 0.3) is 0 Å². The van der Waals surface area contributed by atoms with Gasteiger partial charge in [0.2, 0.25) is 11.9 Å². The number of aromatic nitrogens is 10. The van der Waals surface area contributed by atoms with Gasteiger partial charge < -0.3 is 26.4 Å². The first kappa shape index (κ1) is 38.4. The fraction of sp³-hybridized carbons (Fsp3) is 0.242. The van der Waals surface area contributed by atoms with Crippen LogP contribution < -0.4 is 21.7 Å². The molecule has 1 amide bonds. The van der Waals surface area contributed by atoms with E-state index >= 15 is 0 Å². The van der Waals surface area contributed by atoms with Gasteiger partial charge in [-0.05, 0) is 44.0 Å².